The Morgan fingerprint density at radius 3 is 2.83 bits per heavy atom. The number of aryl methyl sites for hydroxylation is 1. The lowest BCUT2D eigenvalue weighted by atomic mass is 10.1. The number of hydrogen-bond acceptors (Lipinski definition) is 5. The lowest BCUT2D eigenvalue weighted by Gasteiger charge is -2.05. The van der Waals surface area contributed by atoms with Gasteiger partial charge in [-0.1, -0.05) is 30.3 Å². The number of benzene rings is 1. The zero-order valence-corrected chi connectivity index (χ0v) is 12.5. The van der Waals surface area contributed by atoms with E-state index in [4.69, 9.17) is 9.15 Å². The Kier molecular flexibility index (Phi) is 4.52. The summed E-state index contributed by atoms with van der Waals surface area (Å²) in [5.74, 6) is -1.09. The molecule has 3 rings (SSSR count). The lowest BCUT2D eigenvalue weighted by molar-refractivity contribution is -0.144. The van der Waals surface area contributed by atoms with Crippen LogP contribution in [0.25, 0.3) is 11.2 Å². The number of nitrogens with zero attached hydrogens (tertiary/aromatic N) is 2. The fraction of sp³-hybridized carbons (Fsp3) is 0.235. The Balaban J connectivity index is 1.53. The maximum atomic E-state index is 11.9. The number of oxazole rings is 1. The van der Waals surface area contributed by atoms with Crippen LogP contribution in [0, 0.1) is 0 Å². The average molecular weight is 312 g/mol. The highest BCUT2D eigenvalue weighted by Gasteiger charge is 2.14. The van der Waals surface area contributed by atoms with Crippen molar-refractivity contribution in [1.29, 1.82) is 0 Å². The molecule has 0 fully saturated rings. The van der Waals surface area contributed by atoms with Crippen LogP contribution in [0.2, 0.25) is 0 Å². The second kappa shape index (κ2) is 6.91. The van der Waals surface area contributed by atoms with E-state index in [1.54, 1.807) is 18.3 Å². The first-order valence-electron chi connectivity index (χ1n) is 7.38. The molecule has 6 heteroatoms. The summed E-state index contributed by atoms with van der Waals surface area (Å²) >= 11 is 0. The second-order valence-electron chi connectivity index (χ2n) is 5.09. The minimum absolute atomic E-state index is 0.200. The van der Waals surface area contributed by atoms with Gasteiger partial charge in [0.2, 0.25) is 0 Å². The third-order valence-corrected chi connectivity index (χ3v) is 3.43. The first kappa shape index (κ1) is 15.0. The molecule has 2 aromatic heterocycles. The maximum Gasteiger partial charge on any atom is 0.421 e. The van der Waals surface area contributed by atoms with E-state index in [9.17, 15) is 9.59 Å². The summed E-state index contributed by atoms with van der Waals surface area (Å²) in [5, 5.41) is 0. The molecule has 118 valence electrons. The monoisotopic (exact) mass is 312 g/mol. The van der Waals surface area contributed by atoms with Crippen LogP contribution in [0.15, 0.2) is 57.9 Å². The second-order valence-corrected chi connectivity index (χ2v) is 5.09. The van der Waals surface area contributed by atoms with Gasteiger partial charge in [0.05, 0.1) is 6.61 Å². The van der Waals surface area contributed by atoms with Crippen LogP contribution in [-0.4, -0.2) is 22.1 Å². The molecule has 23 heavy (non-hydrogen) atoms. The van der Waals surface area contributed by atoms with Crippen LogP contribution >= 0.6 is 0 Å². The molecule has 0 saturated carbocycles. The van der Waals surface area contributed by atoms with Gasteiger partial charge in [0.25, 0.3) is 0 Å². The van der Waals surface area contributed by atoms with E-state index in [0.29, 0.717) is 17.8 Å². The van der Waals surface area contributed by atoms with Gasteiger partial charge in [0.15, 0.2) is 11.2 Å². The molecule has 0 unspecified atom stereocenters. The summed E-state index contributed by atoms with van der Waals surface area (Å²) in [7, 11) is 0. The molecule has 0 bridgehead atoms. The third kappa shape index (κ3) is 3.66. The molecule has 3 aromatic rings. The highest BCUT2D eigenvalue weighted by Crippen LogP contribution is 2.08. The van der Waals surface area contributed by atoms with Crippen molar-refractivity contribution in [2.75, 3.05) is 6.61 Å². The fourth-order valence-electron chi connectivity index (χ4n) is 2.32. The lowest BCUT2D eigenvalue weighted by Crippen LogP contribution is -2.22. The van der Waals surface area contributed by atoms with Crippen LogP contribution in [0.1, 0.15) is 12.0 Å². The van der Waals surface area contributed by atoms with Crippen molar-refractivity contribution < 1.29 is 13.9 Å². The van der Waals surface area contributed by atoms with Crippen molar-refractivity contribution in [3.8, 4) is 0 Å². The Labute approximate surface area is 132 Å². The molecule has 0 aliphatic heterocycles. The van der Waals surface area contributed by atoms with Crippen LogP contribution in [0.4, 0.5) is 0 Å². The van der Waals surface area contributed by atoms with Crippen LogP contribution in [-0.2, 0) is 22.5 Å². The molecule has 0 saturated heterocycles. The highest BCUT2D eigenvalue weighted by atomic mass is 16.5. The molecular weight excluding hydrogens is 296 g/mol. The summed E-state index contributed by atoms with van der Waals surface area (Å²) in [6.07, 6.45) is 3.11. The summed E-state index contributed by atoms with van der Waals surface area (Å²) in [6, 6.07) is 13.3. The van der Waals surface area contributed by atoms with E-state index in [1.807, 2.05) is 30.3 Å². The minimum atomic E-state index is -0.611. The highest BCUT2D eigenvalue weighted by molar-refractivity contribution is 5.73. The van der Waals surface area contributed by atoms with Gasteiger partial charge < -0.3 is 9.15 Å². The van der Waals surface area contributed by atoms with E-state index in [0.717, 1.165) is 12.8 Å². The molecular formula is C17H16N2O4. The van der Waals surface area contributed by atoms with E-state index in [-0.39, 0.29) is 6.54 Å². The molecule has 2 heterocycles. The number of rotatable bonds is 6. The first-order valence-corrected chi connectivity index (χ1v) is 7.38. The molecule has 6 nitrogen and oxygen atoms in total. The first-order chi connectivity index (χ1) is 11.2. The van der Waals surface area contributed by atoms with Crippen molar-refractivity contribution >= 4 is 17.2 Å². The number of fused-ring (bicyclic) bond motifs is 1. The number of hydrogen-bond donors (Lipinski definition) is 0. The average Bonchev–Trinajstić information content (AvgIpc) is 2.88. The van der Waals surface area contributed by atoms with E-state index >= 15 is 0 Å². The van der Waals surface area contributed by atoms with Crippen molar-refractivity contribution in [2.24, 2.45) is 0 Å². The summed E-state index contributed by atoms with van der Waals surface area (Å²) < 4.78 is 11.4. The Morgan fingerprint density at radius 1 is 1.17 bits per heavy atom. The molecule has 0 amide bonds. The number of aromatic nitrogens is 2. The predicted molar refractivity (Wildman–Crippen MR) is 84.0 cm³/mol. The number of esters is 1. The topological polar surface area (TPSA) is 74.3 Å². The van der Waals surface area contributed by atoms with Gasteiger partial charge in [-0.25, -0.2) is 14.3 Å². The quantitative estimate of drug-likeness (QED) is 0.515. The maximum absolute atomic E-state index is 11.9. The van der Waals surface area contributed by atoms with Crippen molar-refractivity contribution in [2.45, 2.75) is 19.4 Å². The molecule has 0 spiro atoms. The van der Waals surface area contributed by atoms with Crippen LogP contribution in [0.3, 0.4) is 0 Å². The largest absolute Gasteiger partial charge is 0.464 e. The van der Waals surface area contributed by atoms with E-state index < -0.39 is 11.7 Å². The van der Waals surface area contributed by atoms with Crippen molar-refractivity contribution in [3.63, 3.8) is 0 Å². The van der Waals surface area contributed by atoms with Crippen molar-refractivity contribution in [3.05, 3.63) is 64.8 Å². The van der Waals surface area contributed by atoms with Crippen molar-refractivity contribution in [1.82, 2.24) is 9.55 Å². The molecule has 0 atom stereocenters. The van der Waals surface area contributed by atoms with E-state index in [1.165, 1.54) is 10.1 Å². The van der Waals surface area contributed by atoms with Crippen LogP contribution < -0.4 is 5.76 Å². The number of carbonyl (C=O) groups excluding carboxylic acids is 1. The molecule has 1 aromatic carbocycles. The zero-order valence-electron chi connectivity index (χ0n) is 12.5. The van der Waals surface area contributed by atoms with Gasteiger partial charge in [-0.05, 0) is 30.5 Å². The van der Waals surface area contributed by atoms with Gasteiger partial charge in [-0.2, -0.15) is 0 Å². The van der Waals surface area contributed by atoms with E-state index in [2.05, 4.69) is 4.98 Å². The van der Waals surface area contributed by atoms with Gasteiger partial charge in [-0.3, -0.25) is 4.79 Å². The summed E-state index contributed by atoms with van der Waals surface area (Å²) in [5.41, 5.74) is 1.90. The number of carbonyl (C=O) groups is 1. The minimum Gasteiger partial charge on any atom is -0.464 e. The summed E-state index contributed by atoms with van der Waals surface area (Å²) in [4.78, 5) is 27.7. The molecule has 0 aliphatic rings. The predicted octanol–water partition coefficient (Wildman–Crippen LogP) is 2.17. The SMILES string of the molecule is O=C(Cn1c(=O)oc2cccnc21)OCCCc1ccccc1. The van der Waals surface area contributed by atoms with Gasteiger partial charge >= 0.3 is 11.7 Å². The van der Waals surface area contributed by atoms with Gasteiger partial charge in [0.1, 0.15) is 6.54 Å². The number of pyridine rings is 1. The molecule has 0 aliphatic carbocycles. The smallest absolute Gasteiger partial charge is 0.421 e. The standard InChI is InChI=1S/C17H16N2O4/c20-15(22-11-5-8-13-6-2-1-3-7-13)12-19-16-14(23-17(19)21)9-4-10-18-16/h1-4,6-7,9-10H,5,8,11-12H2. The normalized spacial score (nSPS) is 10.8. The third-order valence-electron chi connectivity index (χ3n) is 3.43. The molecule has 0 N–H and O–H groups in total. The Bertz CT molecular complexity index is 852. The number of ether oxygens (including phenoxy) is 1. The Hall–Kier alpha value is -2.89. The van der Waals surface area contributed by atoms with Gasteiger partial charge in [-0.15, -0.1) is 0 Å². The van der Waals surface area contributed by atoms with Crippen LogP contribution in [0.5, 0.6) is 0 Å². The van der Waals surface area contributed by atoms with Gasteiger partial charge in [0, 0.05) is 6.20 Å². The summed E-state index contributed by atoms with van der Waals surface area (Å²) in [6.45, 7) is 0.111. The zero-order chi connectivity index (χ0) is 16.1. The Morgan fingerprint density at radius 2 is 2.00 bits per heavy atom. The fourth-order valence-corrected chi connectivity index (χ4v) is 2.32. The molecule has 0 radical (unpaired) electrons.